The van der Waals surface area contributed by atoms with Gasteiger partial charge in [-0.05, 0) is 27.2 Å². The second-order valence-corrected chi connectivity index (χ2v) is 6.24. The van der Waals surface area contributed by atoms with Gasteiger partial charge in [-0.3, -0.25) is 0 Å². The van der Waals surface area contributed by atoms with E-state index in [1.807, 2.05) is 0 Å². The number of esters is 1. The highest BCUT2D eigenvalue weighted by Crippen LogP contribution is 2.14. The van der Waals surface area contributed by atoms with Gasteiger partial charge >= 0.3 is 11.9 Å². The quantitative estimate of drug-likeness (QED) is 0.462. The van der Waals surface area contributed by atoms with Crippen molar-refractivity contribution in [3.8, 4) is 0 Å². The maximum absolute atomic E-state index is 11.9. The Balaban J connectivity index is 2.88. The van der Waals surface area contributed by atoms with Crippen LogP contribution in [0.5, 0.6) is 0 Å². The number of aromatic nitrogens is 1. The SMILES string of the molecule is CCC(ON=C(C(=O)O)c1csc(N)n1)C(=O)OC(C)(C)C. The molecule has 1 rings (SSSR count). The molecule has 0 saturated carbocycles. The molecule has 8 nitrogen and oxygen atoms in total. The van der Waals surface area contributed by atoms with E-state index in [1.165, 1.54) is 5.38 Å². The lowest BCUT2D eigenvalue weighted by Gasteiger charge is -2.22. The number of carbonyl (C=O) groups excluding carboxylic acids is 1. The van der Waals surface area contributed by atoms with Crippen molar-refractivity contribution in [2.45, 2.75) is 45.8 Å². The molecular formula is C13H19N3O5S. The highest BCUT2D eigenvalue weighted by atomic mass is 32.1. The van der Waals surface area contributed by atoms with Gasteiger partial charge in [-0.1, -0.05) is 12.1 Å². The summed E-state index contributed by atoms with van der Waals surface area (Å²) < 4.78 is 5.18. The minimum Gasteiger partial charge on any atom is -0.476 e. The van der Waals surface area contributed by atoms with Crippen LogP contribution in [-0.4, -0.2) is 39.4 Å². The molecule has 1 aromatic heterocycles. The van der Waals surface area contributed by atoms with Crippen LogP contribution in [0.25, 0.3) is 0 Å². The zero-order chi connectivity index (χ0) is 16.9. The molecule has 1 aromatic rings. The molecule has 0 amide bonds. The predicted molar refractivity (Wildman–Crippen MR) is 81.7 cm³/mol. The molecule has 0 saturated heterocycles. The van der Waals surface area contributed by atoms with E-state index in [2.05, 4.69) is 10.1 Å². The van der Waals surface area contributed by atoms with Crippen molar-refractivity contribution in [2.24, 2.45) is 5.16 Å². The fourth-order valence-electron chi connectivity index (χ4n) is 1.36. The van der Waals surface area contributed by atoms with E-state index < -0.39 is 29.4 Å². The molecule has 0 radical (unpaired) electrons. The average molecular weight is 329 g/mol. The third-order valence-electron chi connectivity index (χ3n) is 2.28. The molecule has 0 aliphatic carbocycles. The number of nitrogen functional groups attached to an aromatic ring is 1. The van der Waals surface area contributed by atoms with Crippen LogP contribution in [0, 0.1) is 0 Å². The van der Waals surface area contributed by atoms with Crippen LogP contribution >= 0.6 is 11.3 Å². The molecule has 0 spiro atoms. The van der Waals surface area contributed by atoms with Crippen LogP contribution < -0.4 is 5.73 Å². The summed E-state index contributed by atoms with van der Waals surface area (Å²) in [6.45, 7) is 6.87. The van der Waals surface area contributed by atoms with E-state index in [0.29, 0.717) is 0 Å². The summed E-state index contributed by atoms with van der Waals surface area (Å²) >= 11 is 1.08. The van der Waals surface area contributed by atoms with Crippen molar-refractivity contribution >= 4 is 34.1 Å². The lowest BCUT2D eigenvalue weighted by molar-refractivity contribution is -0.169. The molecule has 0 aromatic carbocycles. The van der Waals surface area contributed by atoms with Gasteiger partial charge in [0, 0.05) is 5.38 Å². The molecule has 3 N–H and O–H groups in total. The fourth-order valence-corrected chi connectivity index (χ4v) is 1.91. The number of thiazole rings is 1. The third-order valence-corrected chi connectivity index (χ3v) is 2.95. The molecule has 1 atom stereocenters. The fraction of sp³-hybridized carbons (Fsp3) is 0.538. The second kappa shape index (κ2) is 7.21. The van der Waals surface area contributed by atoms with E-state index in [4.69, 9.17) is 20.4 Å². The Labute approximate surface area is 131 Å². The Bertz CT molecular complexity index is 576. The predicted octanol–water partition coefficient (Wildman–Crippen LogP) is 1.65. The van der Waals surface area contributed by atoms with Gasteiger partial charge in [0.15, 0.2) is 5.13 Å². The Hall–Kier alpha value is -2.16. The largest absolute Gasteiger partial charge is 0.476 e. The van der Waals surface area contributed by atoms with Crippen molar-refractivity contribution in [2.75, 3.05) is 5.73 Å². The molecule has 0 fully saturated rings. The minimum absolute atomic E-state index is 0.0778. The zero-order valence-electron chi connectivity index (χ0n) is 12.8. The number of carboxylic acid groups (broad SMARTS) is 1. The first-order valence-electron chi connectivity index (χ1n) is 6.55. The molecular weight excluding hydrogens is 310 g/mol. The van der Waals surface area contributed by atoms with E-state index in [0.717, 1.165) is 11.3 Å². The molecule has 122 valence electrons. The molecule has 9 heteroatoms. The average Bonchev–Trinajstić information content (AvgIpc) is 2.78. The highest BCUT2D eigenvalue weighted by molar-refractivity contribution is 7.13. The number of carboxylic acids is 1. The van der Waals surface area contributed by atoms with Gasteiger partial charge in [0.1, 0.15) is 11.3 Å². The number of rotatable bonds is 6. The van der Waals surface area contributed by atoms with Crippen LogP contribution in [0.1, 0.15) is 39.8 Å². The number of anilines is 1. The molecule has 1 heterocycles. The number of hydrogen-bond acceptors (Lipinski definition) is 8. The summed E-state index contributed by atoms with van der Waals surface area (Å²) in [6, 6.07) is 0. The Morgan fingerprint density at radius 3 is 2.55 bits per heavy atom. The van der Waals surface area contributed by atoms with Crippen LogP contribution in [0.3, 0.4) is 0 Å². The number of hydrogen-bond donors (Lipinski definition) is 2. The summed E-state index contributed by atoms with van der Waals surface area (Å²) in [5, 5.41) is 14.3. The molecule has 0 aliphatic rings. The number of nitrogens with two attached hydrogens (primary N) is 1. The Morgan fingerprint density at radius 1 is 1.50 bits per heavy atom. The van der Waals surface area contributed by atoms with Crippen LogP contribution in [-0.2, 0) is 19.2 Å². The first kappa shape index (κ1) is 17.9. The van der Waals surface area contributed by atoms with E-state index in [9.17, 15) is 9.59 Å². The van der Waals surface area contributed by atoms with Crippen LogP contribution in [0.4, 0.5) is 5.13 Å². The highest BCUT2D eigenvalue weighted by Gasteiger charge is 2.26. The van der Waals surface area contributed by atoms with Gasteiger partial charge < -0.3 is 20.4 Å². The molecule has 0 bridgehead atoms. The standard InChI is InChI=1S/C13H19N3O5S/c1-5-8(11(19)20-13(2,3)4)21-16-9(10(17)18)7-6-22-12(14)15-7/h6,8H,5H2,1-4H3,(H2,14,15)(H,17,18). The van der Waals surface area contributed by atoms with Crippen LogP contribution in [0.15, 0.2) is 10.5 Å². The van der Waals surface area contributed by atoms with E-state index in [1.54, 1.807) is 27.7 Å². The van der Waals surface area contributed by atoms with Crippen molar-refractivity contribution in [3.05, 3.63) is 11.1 Å². The number of carbonyl (C=O) groups is 2. The third kappa shape index (κ3) is 5.32. The maximum Gasteiger partial charge on any atom is 0.360 e. The van der Waals surface area contributed by atoms with Crippen molar-refractivity contribution in [1.82, 2.24) is 4.98 Å². The smallest absolute Gasteiger partial charge is 0.360 e. The van der Waals surface area contributed by atoms with Gasteiger partial charge in [0.2, 0.25) is 11.8 Å². The van der Waals surface area contributed by atoms with Gasteiger partial charge in [0.05, 0.1) is 0 Å². The Kier molecular flexibility index (Phi) is 5.86. The first-order valence-corrected chi connectivity index (χ1v) is 7.43. The maximum atomic E-state index is 11.9. The monoisotopic (exact) mass is 329 g/mol. The van der Waals surface area contributed by atoms with Gasteiger partial charge in [-0.25, -0.2) is 14.6 Å². The number of ether oxygens (including phenoxy) is 1. The summed E-state index contributed by atoms with van der Waals surface area (Å²) in [5.74, 6) is -1.94. The van der Waals surface area contributed by atoms with Gasteiger partial charge in [-0.2, -0.15) is 0 Å². The molecule has 0 aliphatic heterocycles. The van der Waals surface area contributed by atoms with Crippen molar-refractivity contribution in [3.63, 3.8) is 0 Å². The van der Waals surface area contributed by atoms with Crippen molar-refractivity contribution < 1.29 is 24.3 Å². The zero-order valence-corrected chi connectivity index (χ0v) is 13.6. The normalized spacial score (nSPS) is 13.5. The topological polar surface area (TPSA) is 124 Å². The van der Waals surface area contributed by atoms with Gasteiger partial charge in [0.25, 0.3) is 0 Å². The summed E-state index contributed by atoms with van der Waals surface area (Å²) in [6.07, 6.45) is -0.714. The lowest BCUT2D eigenvalue weighted by atomic mass is 10.2. The number of aliphatic carboxylic acids is 1. The summed E-state index contributed by atoms with van der Waals surface area (Å²) in [7, 11) is 0. The first-order chi connectivity index (χ1) is 10.1. The Morgan fingerprint density at radius 2 is 2.14 bits per heavy atom. The van der Waals surface area contributed by atoms with Crippen molar-refractivity contribution in [1.29, 1.82) is 0 Å². The summed E-state index contributed by atoms with van der Waals surface area (Å²) in [4.78, 5) is 32.0. The minimum atomic E-state index is -1.33. The molecule has 1 unspecified atom stereocenters. The van der Waals surface area contributed by atoms with Gasteiger partial charge in [-0.15, -0.1) is 11.3 Å². The number of nitrogens with zero attached hydrogens (tertiary/aromatic N) is 2. The second-order valence-electron chi connectivity index (χ2n) is 5.35. The molecule has 22 heavy (non-hydrogen) atoms. The number of oxime groups is 1. The summed E-state index contributed by atoms with van der Waals surface area (Å²) in [5.41, 5.74) is 4.45. The van der Waals surface area contributed by atoms with E-state index >= 15 is 0 Å². The van der Waals surface area contributed by atoms with Crippen LogP contribution in [0.2, 0.25) is 0 Å². The lowest BCUT2D eigenvalue weighted by Crippen LogP contribution is -2.32. The van der Waals surface area contributed by atoms with E-state index in [-0.39, 0.29) is 17.2 Å².